The molecular weight excluding hydrogens is 546 g/mol. The molecule has 0 aromatic heterocycles. The minimum absolute atomic E-state index is 0.142. The van der Waals surface area contributed by atoms with Gasteiger partial charge in [0.15, 0.2) is 0 Å². The number of para-hydroxylation sites is 1. The summed E-state index contributed by atoms with van der Waals surface area (Å²) < 4.78 is 93.5. The van der Waals surface area contributed by atoms with Gasteiger partial charge in [0.1, 0.15) is 22.7 Å². The van der Waals surface area contributed by atoms with Crippen LogP contribution in [0.15, 0.2) is 42.5 Å². The molecule has 2 N–H and O–H groups in total. The van der Waals surface area contributed by atoms with Gasteiger partial charge in [0, 0.05) is 33.2 Å². The summed E-state index contributed by atoms with van der Waals surface area (Å²) in [6.45, 7) is 3.38. The van der Waals surface area contributed by atoms with Crippen molar-refractivity contribution < 1.29 is 45.4 Å². The Balaban J connectivity index is 2.03. The van der Waals surface area contributed by atoms with Crippen LogP contribution in [0.1, 0.15) is 26.3 Å². The molecule has 220 valence electrons. The molecule has 2 aromatic rings. The summed E-state index contributed by atoms with van der Waals surface area (Å²) in [5, 5.41) is 0. The van der Waals surface area contributed by atoms with Gasteiger partial charge in [0.2, 0.25) is 0 Å². The number of anilines is 2. The fraction of sp³-hybridized carbons (Fsp3) is 0.462. The Morgan fingerprint density at radius 1 is 1.00 bits per heavy atom. The van der Waals surface area contributed by atoms with E-state index in [2.05, 4.69) is 0 Å². The fourth-order valence-corrected chi connectivity index (χ4v) is 4.29. The average molecular weight is 577 g/mol. The number of ether oxygens (including phenoxy) is 2. The zero-order chi connectivity index (χ0) is 30.0. The minimum Gasteiger partial charge on any atom is -0.457 e. The zero-order valence-electron chi connectivity index (χ0n) is 22.3. The highest BCUT2D eigenvalue weighted by atomic mass is 19.4. The van der Waals surface area contributed by atoms with Gasteiger partial charge in [0.05, 0.1) is 17.4 Å². The molecule has 1 saturated heterocycles. The summed E-state index contributed by atoms with van der Waals surface area (Å²) in [4.78, 5) is 27.4. The van der Waals surface area contributed by atoms with Crippen molar-refractivity contribution in [2.45, 2.75) is 44.8 Å². The lowest BCUT2D eigenvalue weighted by atomic mass is 10.0. The Morgan fingerprint density at radius 2 is 1.62 bits per heavy atom. The first-order valence-electron chi connectivity index (χ1n) is 12.2. The Bertz CT molecular complexity index is 1210. The SMILES string of the molecule is CN(C[C@H]1CN(c2c(N)ccc(Oc3ccccc3)c2C(F)(F)F)CCN1C(=O)OC(C)(C)C)C(=O)C(F)(F)F. The second kappa shape index (κ2) is 11.3. The minimum atomic E-state index is -5.18. The van der Waals surface area contributed by atoms with E-state index in [1.54, 1.807) is 39.0 Å². The molecular formula is C26H30F6N4O4. The molecule has 0 aliphatic carbocycles. The maximum atomic E-state index is 14.5. The molecule has 0 radical (unpaired) electrons. The van der Waals surface area contributed by atoms with Gasteiger partial charge < -0.3 is 25.0 Å². The van der Waals surface area contributed by atoms with E-state index in [1.165, 1.54) is 23.1 Å². The van der Waals surface area contributed by atoms with Crippen molar-refractivity contribution in [3.63, 3.8) is 0 Å². The van der Waals surface area contributed by atoms with E-state index in [4.69, 9.17) is 15.2 Å². The number of nitrogens with zero attached hydrogens (tertiary/aromatic N) is 3. The van der Waals surface area contributed by atoms with Crippen LogP contribution < -0.4 is 15.4 Å². The number of likely N-dealkylation sites (N-methyl/N-ethyl adjacent to an activating group) is 1. The molecule has 2 aromatic carbocycles. The van der Waals surface area contributed by atoms with Gasteiger partial charge in [-0.3, -0.25) is 9.69 Å². The first-order valence-corrected chi connectivity index (χ1v) is 12.2. The predicted molar refractivity (Wildman–Crippen MR) is 135 cm³/mol. The number of nitrogen functional groups attached to an aromatic ring is 1. The lowest BCUT2D eigenvalue weighted by molar-refractivity contribution is -0.184. The molecule has 3 rings (SSSR count). The van der Waals surface area contributed by atoms with Crippen molar-refractivity contribution in [2.75, 3.05) is 43.9 Å². The van der Waals surface area contributed by atoms with Crippen molar-refractivity contribution in [3.05, 3.63) is 48.0 Å². The second-order valence-corrected chi connectivity index (χ2v) is 10.2. The summed E-state index contributed by atoms with van der Waals surface area (Å²) >= 11 is 0. The largest absolute Gasteiger partial charge is 0.471 e. The fourth-order valence-electron chi connectivity index (χ4n) is 4.29. The highest BCUT2D eigenvalue weighted by Gasteiger charge is 2.45. The van der Waals surface area contributed by atoms with E-state index in [0.717, 1.165) is 18.0 Å². The number of amides is 2. The molecule has 0 bridgehead atoms. The normalized spacial score (nSPS) is 16.5. The highest BCUT2D eigenvalue weighted by molar-refractivity contribution is 5.82. The molecule has 14 heteroatoms. The van der Waals surface area contributed by atoms with E-state index in [1.807, 2.05) is 0 Å². The average Bonchev–Trinajstić information content (AvgIpc) is 2.82. The molecule has 1 heterocycles. The number of carbonyl (C=O) groups excluding carboxylic acids is 2. The number of hydrogen-bond donors (Lipinski definition) is 1. The van der Waals surface area contributed by atoms with E-state index in [9.17, 15) is 35.9 Å². The number of alkyl halides is 6. The van der Waals surface area contributed by atoms with Crippen molar-refractivity contribution in [1.82, 2.24) is 9.80 Å². The van der Waals surface area contributed by atoms with E-state index in [-0.39, 0.29) is 31.1 Å². The number of rotatable bonds is 5. The molecule has 1 aliphatic heterocycles. The molecule has 0 unspecified atom stereocenters. The third-order valence-corrected chi connectivity index (χ3v) is 5.93. The summed E-state index contributed by atoms with van der Waals surface area (Å²) in [6, 6.07) is 8.92. The second-order valence-electron chi connectivity index (χ2n) is 10.2. The number of piperazine rings is 1. The molecule has 2 amide bonds. The number of hydrogen-bond acceptors (Lipinski definition) is 6. The van der Waals surface area contributed by atoms with Gasteiger partial charge in [-0.25, -0.2) is 4.79 Å². The monoisotopic (exact) mass is 576 g/mol. The van der Waals surface area contributed by atoms with Gasteiger partial charge in [0.25, 0.3) is 0 Å². The van der Waals surface area contributed by atoms with Crippen LogP contribution in [0.5, 0.6) is 11.5 Å². The summed E-state index contributed by atoms with van der Waals surface area (Å²) in [7, 11) is 0.895. The van der Waals surface area contributed by atoms with E-state index < -0.39 is 59.5 Å². The third kappa shape index (κ3) is 7.42. The van der Waals surface area contributed by atoms with Gasteiger partial charge in [-0.15, -0.1) is 0 Å². The van der Waals surface area contributed by atoms with Gasteiger partial charge in [-0.1, -0.05) is 18.2 Å². The first kappa shape index (κ1) is 30.7. The maximum Gasteiger partial charge on any atom is 0.471 e. The maximum absolute atomic E-state index is 14.5. The van der Waals surface area contributed by atoms with Crippen molar-refractivity contribution in [2.24, 2.45) is 0 Å². The van der Waals surface area contributed by atoms with Crippen LogP contribution in [-0.2, 0) is 15.7 Å². The molecule has 0 spiro atoms. The van der Waals surface area contributed by atoms with Gasteiger partial charge in [-0.05, 0) is 45.0 Å². The van der Waals surface area contributed by atoms with Crippen LogP contribution in [-0.4, -0.2) is 72.8 Å². The lowest BCUT2D eigenvalue weighted by Crippen LogP contribution is -2.60. The molecule has 40 heavy (non-hydrogen) atoms. The zero-order valence-corrected chi connectivity index (χ0v) is 22.3. The van der Waals surface area contributed by atoms with Crippen LogP contribution in [0.4, 0.5) is 42.5 Å². The van der Waals surface area contributed by atoms with E-state index >= 15 is 0 Å². The van der Waals surface area contributed by atoms with Gasteiger partial charge in [-0.2, -0.15) is 26.3 Å². The van der Waals surface area contributed by atoms with Crippen LogP contribution in [0.2, 0.25) is 0 Å². The Kier molecular flexibility index (Phi) is 8.70. The number of carbonyl (C=O) groups is 2. The first-order chi connectivity index (χ1) is 18.4. The number of nitrogens with two attached hydrogens (primary N) is 1. The molecule has 1 fully saturated rings. The number of halogens is 6. The number of benzene rings is 2. The summed E-state index contributed by atoms with van der Waals surface area (Å²) in [5.41, 5.74) is 3.19. The van der Waals surface area contributed by atoms with Crippen LogP contribution in [0, 0.1) is 0 Å². The quantitative estimate of drug-likeness (QED) is 0.372. The third-order valence-electron chi connectivity index (χ3n) is 5.93. The van der Waals surface area contributed by atoms with Crippen molar-refractivity contribution >= 4 is 23.4 Å². The smallest absolute Gasteiger partial charge is 0.457 e. The topological polar surface area (TPSA) is 88.3 Å². The van der Waals surface area contributed by atoms with E-state index in [0.29, 0.717) is 4.90 Å². The van der Waals surface area contributed by atoms with Crippen LogP contribution in [0.3, 0.4) is 0 Å². The van der Waals surface area contributed by atoms with Crippen molar-refractivity contribution in [3.8, 4) is 11.5 Å². The highest BCUT2D eigenvalue weighted by Crippen LogP contribution is 2.47. The molecule has 1 atom stereocenters. The predicted octanol–water partition coefficient (Wildman–Crippen LogP) is 5.53. The van der Waals surface area contributed by atoms with Gasteiger partial charge >= 0.3 is 24.4 Å². The Morgan fingerprint density at radius 3 is 2.17 bits per heavy atom. The Hall–Kier alpha value is -3.84. The lowest BCUT2D eigenvalue weighted by Gasteiger charge is -2.44. The van der Waals surface area contributed by atoms with Crippen molar-refractivity contribution in [1.29, 1.82) is 0 Å². The Labute approximate surface area is 227 Å². The van der Waals surface area contributed by atoms with Crippen LogP contribution >= 0.6 is 0 Å². The molecule has 8 nitrogen and oxygen atoms in total. The van der Waals surface area contributed by atoms with Crippen LogP contribution in [0.25, 0.3) is 0 Å². The standard InChI is InChI=1S/C26H30F6N4O4/c1-24(2,3)40-23(38)36-13-12-35(15-16(36)14-34(4)22(37)26(30,31)32)21-18(33)10-11-19(20(21)25(27,28)29)39-17-8-6-5-7-9-17/h5-11,16H,12-15,33H2,1-4H3/t16-/m0/s1. The summed E-state index contributed by atoms with van der Waals surface area (Å²) in [6.07, 6.45) is -11.0. The molecule has 1 aliphatic rings. The summed E-state index contributed by atoms with van der Waals surface area (Å²) in [5.74, 6) is -2.55. The molecule has 0 saturated carbocycles.